The number of hydrogen-bond acceptors (Lipinski definition) is 4. The van der Waals surface area contributed by atoms with E-state index in [-0.39, 0.29) is 0 Å². The molecule has 0 radical (unpaired) electrons. The standard InChI is InChI=1S/C13H17N3S/c1-3-14-12(9-13-16-7-8-17-13)11-5-4-6-15-10(11)2/h4-8,12,14H,3,9H2,1-2H3. The molecule has 90 valence electrons. The molecule has 1 atom stereocenters. The van der Waals surface area contributed by atoms with Crippen LogP contribution in [0.5, 0.6) is 0 Å². The highest BCUT2D eigenvalue weighted by atomic mass is 32.1. The molecule has 0 saturated carbocycles. The van der Waals surface area contributed by atoms with Crippen molar-refractivity contribution < 1.29 is 0 Å². The monoisotopic (exact) mass is 247 g/mol. The summed E-state index contributed by atoms with van der Waals surface area (Å²) in [5.74, 6) is 0. The van der Waals surface area contributed by atoms with E-state index >= 15 is 0 Å². The lowest BCUT2D eigenvalue weighted by Gasteiger charge is -2.18. The molecule has 4 heteroatoms. The first-order chi connectivity index (χ1) is 8.31. The van der Waals surface area contributed by atoms with E-state index in [0.717, 1.165) is 18.7 Å². The average Bonchev–Trinajstić information content (AvgIpc) is 2.82. The minimum atomic E-state index is 0.305. The third-order valence-electron chi connectivity index (χ3n) is 2.74. The number of pyridine rings is 1. The molecule has 17 heavy (non-hydrogen) atoms. The Labute approximate surface area is 106 Å². The van der Waals surface area contributed by atoms with Crippen LogP contribution >= 0.6 is 11.3 Å². The number of aryl methyl sites for hydroxylation is 1. The highest BCUT2D eigenvalue weighted by molar-refractivity contribution is 7.09. The normalized spacial score (nSPS) is 12.6. The maximum absolute atomic E-state index is 4.35. The van der Waals surface area contributed by atoms with Crippen molar-refractivity contribution in [3.8, 4) is 0 Å². The van der Waals surface area contributed by atoms with Gasteiger partial charge in [0.1, 0.15) is 0 Å². The molecule has 0 aliphatic carbocycles. The van der Waals surface area contributed by atoms with Gasteiger partial charge in [-0.1, -0.05) is 13.0 Å². The van der Waals surface area contributed by atoms with Crippen molar-refractivity contribution in [2.75, 3.05) is 6.54 Å². The first kappa shape index (κ1) is 12.2. The van der Waals surface area contributed by atoms with E-state index in [1.54, 1.807) is 11.3 Å². The molecule has 2 aromatic heterocycles. The quantitative estimate of drug-likeness (QED) is 0.883. The fourth-order valence-electron chi connectivity index (χ4n) is 1.93. The predicted octanol–water partition coefficient (Wildman–Crippen LogP) is 2.74. The van der Waals surface area contributed by atoms with Crippen LogP contribution in [0.25, 0.3) is 0 Å². The fraction of sp³-hybridized carbons (Fsp3) is 0.385. The maximum Gasteiger partial charge on any atom is 0.0943 e. The molecular formula is C13H17N3S. The van der Waals surface area contributed by atoms with Gasteiger partial charge in [0.25, 0.3) is 0 Å². The molecule has 3 nitrogen and oxygen atoms in total. The van der Waals surface area contributed by atoms with Gasteiger partial charge < -0.3 is 5.32 Å². The first-order valence-electron chi connectivity index (χ1n) is 5.84. The number of nitrogens with zero attached hydrogens (tertiary/aromatic N) is 2. The van der Waals surface area contributed by atoms with Gasteiger partial charge in [0, 0.05) is 35.9 Å². The molecule has 1 unspecified atom stereocenters. The molecule has 0 saturated heterocycles. The van der Waals surface area contributed by atoms with Crippen LogP contribution in [0.1, 0.15) is 29.2 Å². The van der Waals surface area contributed by atoms with Gasteiger partial charge in [-0.2, -0.15) is 0 Å². The van der Waals surface area contributed by atoms with E-state index < -0.39 is 0 Å². The maximum atomic E-state index is 4.35. The summed E-state index contributed by atoms with van der Waals surface area (Å²) in [6.45, 7) is 5.13. The van der Waals surface area contributed by atoms with Crippen LogP contribution in [0.15, 0.2) is 29.9 Å². The Morgan fingerprint density at radius 2 is 2.24 bits per heavy atom. The van der Waals surface area contributed by atoms with Gasteiger partial charge in [-0.25, -0.2) is 4.98 Å². The second-order valence-electron chi connectivity index (χ2n) is 3.92. The highest BCUT2D eigenvalue weighted by Crippen LogP contribution is 2.21. The van der Waals surface area contributed by atoms with Crippen LogP contribution in [-0.2, 0) is 6.42 Å². The van der Waals surface area contributed by atoms with E-state index in [9.17, 15) is 0 Å². The molecule has 0 aliphatic heterocycles. The van der Waals surface area contributed by atoms with Crippen molar-refractivity contribution in [3.05, 3.63) is 46.2 Å². The van der Waals surface area contributed by atoms with Gasteiger partial charge in [-0.05, 0) is 25.1 Å². The van der Waals surface area contributed by atoms with Crippen molar-refractivity contribution in [1.82, 2.24) is 15.3 Å². The highest BCUT2D eigenvalue weighted by Gasteiger charge is 2.14. The Bertz CT molecular complexity index is 453. The number of likely N-dealkylation sites (N-methyl/N-ethyl adjacent to an activating group) is 1. The van der Waals surface area contributed by atoms with Crippen LogP contribution in [0.4, 0.5) is 0 Å². The molecule has 0 amide bonds. The van der Waals surface area contributed by atoms with Crippen LogP contribution in [0.3, 0.4) is 0 Å². The van der Waals surface area contributed by atoms with Crippen molar-refractivity contribution in [1.29, 1.82) is 0 Å². The Kier molecular flexibility index (Phi) is 4.23. The SMILES string of the molecule is CCNC(Cc1nccs1)c1cccnc1C. The molecule has 0 bridgehead atoms. The minimum Gasteiger partial charge on any atom is -0.310 e. The predicted molar refractivity (Wildman–Crippen MR) is 71.2 cm³/mol. The topological polar surface area (TPSA) is 37.8 Å². The fourth-order valence-corrected chi connectivity index (χ4v) is 2.60. The van der Waals surface area contributed by atoms with E-state index in [1.807, 2.05) is 23.8 Å². The number of nitrogens with one attached hydrogen (secondary N) is 1. The van der Waals surface area contributed by atoms with Crippen molar-refractivity contribution >= 4 is 11.3 Å². The molecule has 0 fully saturated rings. The molecule has 2 aromatic rings. The third-order valence-corrected chi connectivity index (χ3v) is 3.54. The van der Waals surface area contributed by atoms with Gasteiger partial charge in [-0.3, -0.25) is 4.98 Å². The molecule has 0 aliphatic rings. The Morgan fingerprint density at radius 3 is 2.88 bits per heavy atom. The minimum absolute atomic E-state index is 0.305. The third kappa shape index (κ3) is 3.11. The number of hydrogen-bond donors (Lipinski definition) is 1. The smallest absolute Gasteiger partial charge is 0.0943 e. The summed E-state index contributed by atoms with van der Waals surface area (Å²) < 4.78 is 0. The molecule has 0 spiro atoms. The zero-order valence-corrected chi connectivity index (χ0v) is 11.0. The van der Waals surface area contributed by atoms with Crippen molar-refractivity contribution in [3.63, 3.8) is 0 Å². The summed E-state index contributed by atoms with van der Waals surface area (Å²) >= 11 is 1.71. The second-order valence-corrected chi connectivity index (χ2v) is 4.90. The van der Waals surface area contributed by atoms with Gasteiger partial charge >= 0.3 is 0 Å². The van der Waals surface area contributed by atoms with Crippen LogP contribution in [-0.4, -0.2) is 16.5 Å². The number of thiazole rings is 1. The Hall–Kier alpha value is -1.26. The van der Waals surface area contributed by atoms with E-state index in [1.165, 1.54) is 10.6 Å². The van der Waals surface area contributed by atoms with Crippen molar-refractivity contribution in [2.24, 2.45) is 0 Å². The molecule has 1 N–H and O–H groups in total. The van der Waals surface area contributed by atoms with E-state index in [4.69, 9.17) is 0 Å². The number of aromatic nitrogens is 2. The lowest BCUT2D eigenvalue weighted by molar-refractivity contribution is 0.544. The Morgan fingerprint density at radius 1 is 1.35 bits per heavy atom. The largest absolute Gasteiger partial charge is 0.310 e. The summed E-state index contributed by atoms with van der Waals surface area (Å²) in [5, 5.41) is 6.69. The van der Waals surface area contributed by atoms with Crippen molar-refractivity contribution in [2.45, 2.75) is 26.3 Å². The lowest BCUT2D eigenvalue weighted by atomic mass is 10.0. The van der Waals surface area contributed by atoms with E-state index in [0.29, 0.717) is 6.04 Å². The van der Waals surface area contributed by atoms with E-state index in [2.05, 4.69) is 35.2 Å². The number of rotatable bonds is 5. The van der Waals surface area contributed by atoms with Crippen LogP contribution < -0.4 is 5.32 Å². The zero-order chi connectivity index (χ0) is 12.1. The summed E-state index contributed by atoms with van der Waals surface area (Å²) in [6, 6.07) is 4.44. The van der Waals surface area contributed by atoms with Gasteiger partial charge in [0.15, 0.2) is 0 Å². The Balaban J connectivity index is 2.20. The summed E-state index contributed by atoms with van der Waals surface area (Å²) in [7, 11) is 0. The average molecular weight is 247 g/mol. The molecule has 2 heterocycles. The molecular weight excluding hydrogens is 230 g/mol. The summed E-state index contributed by atoms with van der Waals surface area (Å²) in [4.78, 5) is 8.71. The summed E-state index contributed by atoms with van der Waals surface area (Å²) in [5.41, 5.74) is 2.36. The lowest BCUT2D eigenvalue weighted by Crippen LogP contribution is -2.23. The van der Waals surface area contributed by atoms with Gasteiger partial charge in [0.2, 0.25) is 0 Å². The van der Waals surface area contributed by atoms with Crippen LogP contribution in [0.2, 0.25) is 0 Å². The summed E-state index contributed by atoms with van der Waals surface area (Å²) in [6.07, 6.45) is 4.63. The molecule has 2 rings (SSSR count). The second kappa shape index (κ2) is 5.89. The van der Waals surface area contributed by atoms with Crippen LogP contribution in [0, 0.1) is 6.92 Å². The first-order valence-corrected chi connectivity index (χ1v) is 6.72. The van der Waals surface area contributed by atoms with Gasteiger partial charge in [-0.15, -0.1) is 11.3 Å². The molecule has 0 aromatic carbocycles. The zero-order valence-electron chi connectivity index (χ0n) is 10.2. The van der Waals surface area contributed by atoms with Gasteiger partial charge in [0.05, 0.1) is 5.01 Å².